The number of nitrogens with one attached hydrogen (secondary N) is 1. The van der Waals surface area contributed by atoms with Gasteiger partial charge in [-0.2, -0.15) is 13.2 Å². The van der Waals surface area contributed by atoms with Gasteiger partial charge in [-0.25, -0.2) is 0 Å². The largest absolute Gasteiger partial charge is 0.416 e. The van der Waals surface area contributed by atoms with E-state index in [0.717, 1.165) is 51.3 Å². The van der Waals surface area contributed by atoms with Crippen molar-refractivity contribution in [2.24, 2.45) is 0 Å². The van der Waals surface area contributed by atoms with Crippen LogP contribution in [0.3, 0.4) is 0 Å². The fourth-order valence-corrected chi connectivity index (χ4v) is 2.60. The molecule has 1 saturated heterocycles. The van der Waals surface area contributed by atoms with Crippen LogP contribution < -0.4 is 5.32 Å². The second-order valence-electron chi connectivity index (χ2n) is 6.24. The molecule has 25 heavy (non-hydrogen) atoms. The molecule has 0 saturated carbocycles. The molecule has 0 radical (unpaired) electrons. The molecular formula is C18H24F3N3O. The van der Waals surface area contributed by atoms with Gasteiger partial charge in [0, 0.05) is 38.8 Å². The Kier molecular flexibility index (Phi) is 7.01. The Hall–Kier alpha value is -1.86. The normalized spacial score (nSPS) is 17.1. The van der Waals surface area contributed by atoms with Gasteiger partial charge >= 0.3 is 6.18 Å². The van der Waals surface area contributed by atoms with E-state index in [2.05, 4.69) is 22.2 Å². The van der Waals surface area contributed by atoms with Crippen LogP contribution in [0.4, 0.5) is 13.2 Å². The number of rotatable bonds is 6. The van der Waals surface area contributed by atoms with Gasteiger partial charge in [0.2, 0.25) is 5.91 Å². The average molecular weight is 355 g/mol. The highest BCUT2D eigenvalue weighted by molar-refractivity contribution is 5.91. The van der Waals surface area contributed by atoms with E-state index >= 15 is 0 Å². The van der Waals surface area contributed by atoms with Crippen molar-refractivity contribution >= 4 is 12.0 Å². The van der Waals surface area contributed by atoms with Crippen molar-refractivity contribution in [3.8, 4) is 0 Å². The summed E-state index contributed by atoms with van der Waals surface area (Å²) >= 11 is 0. The Balaban J connectivity index is 1.67. The van der Waals surface area contributed by atoms with Crippen molar-refractivity contribution in [3.05, 3.63) is 41.5 Å². The van der Waals surface area contributed by atoms with E-state index in [0.29, 0.717) is 12.1 Å². The molecule has 0 atom stereocenters. The minimum Gasteiger partial charge on any atom is -0.353 e. The molecular weight excluding hydrogens is 331 g/mol. The first-order valence-electron chi connectivity index (χ1n) is 8.39. The second kappa shape index (κ2) is 9.01. The summed E-state index contributed by atoms with van der Waals surface area (Å²) in [5.74, 6) is -0.238. The topological polar surface area (TPSA) is 35.6 Å². The molecule has 0 aromatic heterocycles. The Morgan fingerprint density at radius 1 is 1.16 bits per heavy atom. The number of hydrogen-bond acceptors (Lipinski definition) is 3. The number of nitrogens with zero attached hydrogens (tertiary/aromatic N) is 2. The van der Waals surface area contributed by atoms with E-state index in [-0.39, 0.29) is 5.91 Å². The predicted octanol–water partition coefficient (Wildman–Crippen LogP) is 2.47. The van der Waals surface area contributed by atoms with Crippen LogP contribution in [0.25, 0.3) is 6.08 Å². The number of hydrogen-bond donors (Lipinski definition) is 1. The highest BCUT2D eigenvalue weighted by atomic mass is 19.4. The summed E-state index contributed by atoms with van der Waals surface area (Å²) in [5.41, 5.74) is -0.140. The third-order valence-corrected chi connectivity index (χ3v) is 4.21. The summed E-state index contributed by atoms with van der Waals surface area (Å²) in [4.78, 5) is 16.4. The van der Waals surface area contributed by atoms with Gasteiger partial charge in [-0.15, -0.1) is 0 Å². The number of likely N-dealkylation sites (N-methyl/N-ethyl adjacent to an activating group) is 1. The molecule has 1 aromatic rings. The minimum atomic E-state index is -4.34. The van der Waals surface area contributed by atoms with Gasteiger partial charge in [0.1, 0.15) is 0 Å². The lowest BCUT2D eigenvalue weighted by Gasteiger charge is -2.32. The van der Waals surface area contributed by atoms with Crippen LogP contribution in [0.5, 0.6) is 0 Å². The number of carbonyl (C=O) groups excluding carboxylic acids is 1. The fourth-order valence-electron chi connectivity index (χ4n) is 2.60. The minimum absolute atomic E-state index is 0.238. The maximum Gasteiger partial charge on any atom is 0.416 e. The van der Waals surface area contributed by atoms with Crippen LogP contribution in [-0.2, 0) is 11.0 Å². The summed E-state index contributed by atoms with van der Waals surface area (Å²) in [5, 5.41) is 2.79. The van der Waals surface area contributed by atoms with E-state index < -0.39 is 11.7 Å². The monoisotopic (exact) mass is 355 g/mol. The molecule has 1 aliphatic rings. The summed E-state index contributed by atoms with van der Waals surface area (Å²) < 4.78 is 37.4. The van der Waals surface area contributed by atoms with Crippen molar-refractivity contribution in [2.45, 2.75) is 12.6 Å². The third kappa shape index (κ3) is 6.88. The summed E-state index contributed by atoms with van der Waals surface area (Å²) in [7, 11) is 2.11. The van der Waals surface area contributed by atoms with E-state index in [1.54, 1.807) is 0 Å². The predicted molar refractivity (Wildman–Crippen MR) is 92.0 cm³/mol. The van der Waals surface area contributed by atoms with Gasteiger partial charge in [0.05, 0.1) is 5.56 Å². The highest BCUT2D eigenvalue weighted by Crippen LogP contribution is 2.29. The zero-order valence-electron chi connectivity index (χ0n) is 14.4. The standard InChI is InChI=1S/C18H24F3N3O/c1-23-11-13-24(14-12-23)10-2-9-22-17(25)8-5-15-3-6-16(7-4-15)18(19,20)21/h3-8H,2,9-14H2,1H3,(H,22,25)/b8-5+. The van der Waals surface area contributed by atoms with Gasteiger partial charge < -0.3 is 15.1 Å². The summed E-state index contributed by atoms with van der Waals surface area (Å²) in [6.07, 6.45) is -0.610. The van der Waals surface area contributed by atoms with Gasteiger partial charge in [-0.05, 0) is 43.8 Å². The molecule has 0 bridgehead atoms. The van der Waals surface area contributed by atoms with Crippen LogP contribution in [0.2, 0.25) is 0 Å². The second-order valence-corrected chi connectivity index (χ2v) is 6.24. The molecule has 1 aliphatic heterocycles. The Morgan fingerprint density at radius 2 is 1.80 bits per heavy atom. The van der Waals surface area contributed by atoms with Gasteiger partial charge in [0.25, 0.3) is 0 Å². The smallest absolute Gasteiger partial charge is 0.353 e. The van der Waals surface area contributed by atoms with Crippen LogP contribution >= 0.6 is 0 Å². The molecule has 1 fully saturated rings. The van der Waals surface area contributed by atoms with Crippen molar-refractivity contribution in [3.63, 3.8) is 0 Å². The number of halogens is 3. The lowest BCUT2D eigenvalue weighted by molar-refractivity contribution is -0.137. The van der Waals surface area contributed by atoms with Gasteiger partial charge in [-0.1, -0.05) is 12.1 Å². The first-order chi connectivity index (χ1) is 11.8. The number of benzene rings is 1. The molecule has 1 aromatic carbocycles. The average Bonchev–Trinajstić information content (AvgIpc) is 2.58. The quantitative estimate of drug-likeness (QED) is 0.629. The van der Waals surface area contributed by atoms with E-state index in [4.69, 9.17) is 0 Å². The fraction of sp³-hybridized carbons (Fsp3) is 0.500. The van der Waals surface area contributed by atoms with Crippen LogP contribution in [0.1, 0.15) is 17.5 Å². The lowest BCUT2D eigenvalue weighted by atomic mass is 10.1. The molecule has 2 rings (SSSR count). The summed E-state index contributed by atoms with van der Waals surface area (Å²) in [6, 6.07) is 4.71. The van der Waals surface area contributed by atoms with Crippen LogP contribution in [-0.4, -0.2) is 62.0 Å². The SMILES string of the molecule is CN1CCN(CCCNC(=O)/C=C/c2ccc(C(F)(F)F)cc2)CC1. The third-order valence-electron chi connectivity index (χ3n) is 4.21. The Labute approximate surface area is 146 Å². The lowest BCUT2D eigenvalue weighted by Crippen LogP contribution is -2.45. The molecule has 0 spiro atoms. The zero-order valence-corrected chi connectivity index (χ0v) is 14.4. The molecule has 138 valence electrons. The summed E-state index contributed by atoms with van der Waals surface area (Å²) in [6.45, 7) is 5.79. The van der Waals surface area contributed by atoms with Crippen molar-refractivity contribution in [1.29, 1.82) is 0 Å². The maximum absolute atomic E-state index is 12.5. The zero-order chi connectivity index (χ0) is 18.3. The Morgan fingerprint density at radius 3 is 2.40 bits per heavy atom. The van der Waals surface area contributed by atoms with Crippen molar-refractivity contribution in [1.82, 2.24) is 15.1 Å². The molecule has 4 nitrogen and oxygen atoms in total. The molecule has 0 unspecified atom stereocenters. The van der Waals surface area contributed by atoms with Crippen LogP contribution in [0.15, 0.2) is 30.3 Å². The van der Waals surface area contributed by atoms with E-state index in [9.17, 15) is 18.0 Å². The molecule has 1 amide bonds. The van der Waals surface area contributed by atoms with Gasteiger partial charge in [-0.3, -0.25) is 4.79 Å². The van der Waals surface area contributed by atoms with E-state index in [1.807, 2.05) is 0 Å². The van der Waals surface area contributed by atoms with Crippen molar-refractivity contribution in [2.75, 3.05) is 46.3 Å². The highest BCUT2D eigenvalue weighted by Gasteiger charge is 2.29. The maximum atomic E-state index is 12.5. The number of amides is 1. The Bertz CT molecular complexity index is 576. The molecule has 7 heteroatoms. The first-order valence-corrected chi connectivity index (χ1v) is 8.39. The number of carbonyl (C=O) groups is 1. The molecule has 1 N–H and O–H groups in total. The van der Waals surface area contributed by atoms with E-state index in [1.165, 1.54) is 24.3 Å². The number of piperazine rings is 1. The van der Waals surface area contributed by atoms with Gasteiger partial charge in [0.15, 0.2) is 0 Å². The molecule has 1 heterocycles. The van der Waals surface area contributed by atoms with Crippen molar-refractivity contribution < 1.29 is 18.0 Å². The first kappa shape index (κ1) is 19.5. The molecule has 0 aliphatic carbocycles. The van der Waals surface area contributed by atoms with Crippen LogP contribution in [0, 0.1) is 0 Å². The number of alkyl halides is 3.